The summed E-state index contributed by atoms with van der Waals surface area (Å²) in [5, 5.41) is 0.646. The zero-order chi connectivity index (χ0) is 22.1. The molecule has 0 radical (unpaired) electrons. The van der Waals surface area contributed by atoms with Crippen molar-refractivity contribution in [2.75, 3.05) is 4.90 Å². The highest BCUT2D eigenvalue weighted by Gasteiger charge is 2.67. The van der Waals surface area contributed by atoms with E-state index >= 15 is 0 Å². The van der Waals surface area contributed by atoms with Gasteiger partial charge in [-0.15, -0.1) is 0 Å². The van der Waals surface area contributed by atoms with Crippen molar-refractivity contribution in [1.29, 1.82) is 0 Å². The Labute approximate surface area is 191 Å². The van der Waals surface area contributed by atoms with Crippen LogP contribution in [-0.2, 0) is 16.0 Å². The number of anilines is 1. The fraction of sp³-hybridized carbons (Fsp3) is 0.385. The summed E-state index contributed by atoms with van der Waals surface area (Å²) in [6, 6.07) is 8.88. The van der Waals surface area contributed by atoms with Crippen LogP contribution in [0.15, 0.2) is 48.7 Å². The lowest BCUT2D eigenvalue weighted by atomic mass is 9.63. The Bertz CT molecular complexity index is 1150. The van der Waals surface area contributed by atoms with Gasteiger partial charge in [0.15, 0.2) is 5.78 Å². The molecule has 3 fully saturated rings. The summed E-state index contributed by atoms with van der Waals surface area (Å²) in [7, 11) is 0. The molecule has 0 N–H and O–H groups in total. The fourth-order valence-corrected chi connectivity index (χ4v) is 6.22. The first kappa shape index (κ1) is 19.9. The van der Waals surface area contributed by atoms with Crippen LogP contribution in [-0.4, -0.2) is 22.6 Å². The molecule has 4 aliphatic carbocycles. The Hall–Kier alpha value is -2.79. The van der Waals surface area contributed by atoms with E-state index in [-0.39, 0.29) is 41.3 Å². The predicted molar refractivity (Wildman–Crippen MR) is 120 cm³/mol. The number of hydrogen-bond donors (Lipinski definition) is 0. The number of allylic oxidation sites excluding steroid dienone is 2. The Balaban J connectivity index is 1.15. The maximum absolute atomic E-state index is 13.2. The van der Waals surface area contributed by atoms with E-state index < -0.39 is 0 Å². The van der Waals surface area contributed by atoms with Crippen LogP contribution < -0.4 is 4.90 Å². The van der Waals surface area contributed by atoms with E-state index in [1.54, 1.807) is 24.4 Å². The first-order valence-corrected chi connectivity index (χ1v) is 11.6. The third kappa shape index (κ3) is 2.91. The van der Waals surface area contributed by atoms with Gasteiger partial charge < -0.3 is 0 Å². The number of aromatic nitrogens is 1. The molecule has 0 spiro atoms. The SMILES string of the molecule is Cc1cc(C(=O)CCc2ccc(N3C(=O)C4C5C=CC(C6CC56)C4C3=O)nc2)ccc1Cl. The van der Waals surface area contributed by atoms with E-state index in [2.05, 4.69) is 17.1 Å². The summed E-state index contributed by atoms with van der Waals surface area (Å²) in [4.78, 5) is 44.6. The number of carbonyl (C=O) groups is 3. The summed E-state index contributed by atoms with van der Waals surface area (Å²) < 4.78 is 0. The molecule has 2 heterocycles. The van der Waals surface area contributed by atoms with Gasteiger partial charge >= 0.3 is 0 Å². The number of aryl methyl sites for hydroxylation is 2. The van der Waals surface area contributed by atoms with Gasteiger partial charge in [0.25, 0.3) is 0 Å². The van der Waals surface area contributed by atoms with Gasteiger partial charge in [-0.3, -0.25) is 14.4 Å². The van der Waals surface area contributed by atoms with Crippen LogP contribution in [0.4, 0.5) is 5.82 Å². The molecule has 5 nitrogen and oxygen atoms in total. The Morgan fingerprint density at radius 1 is 1.06 bits per heavy atom. The number of hydrogen-bond acceptors (Lipinski definition) is 4. The number of nitrogens with zero attached hydrogens (tertiary/aromatic N) is 2. The van der Waals surface area contributed by atoms with Crippen LogP contribution in [0.25, 0.3) is 0 Å². The fourth-order valence-electron chi connectivity index (χ4n) is 6.10. The molecule has 1 saturated heterocycles. The first-order valence-electron chi connectivity index (χ1n) is 11.2. The monoisotopic (exact) mass is 446 g/mol. The number of benzene rings is 1. The summed E-state index contributed by atoms with van der Waals surface area (Å²) in [6.45, 7) is 1.88. The van der Waals surface area contributed by atoms with Crippen LogP contribution in [0.1, 0.15) is 34.3 Å². The minimum Gasteiger partial charge on any atom is -0.294 e. The molecule has 32 heavy (non-hydrogen) atoms. The van der Waals surface area contributed by atoms with Crippen molar-refractivity contribution in [3.8, 4) is 0 Å². The molecule has 2 aromatic rings. The van der Waals surface area contributed by atoms with Gasteiger partial charge in [-0.2, -0.15) is 0 Å². The van der Waals surface area contributed by atoms with Gasteiger partial charge in [-0.05, 0) is 78.8 Å². The standard InChI is InChI=1S/C26H23ClN2O3/c1-13-10-15(4-7-20(13)27)21(30)8-2-14-3-9-22(28-12-14)29-25(31)23-16-5-6-17(19-11-18(16)19)24(23)26(29)32/h3-7,9-10,12,16-19,23-24H,2,8,11H2,1H3. The number of halogens is 1. The van der Waals surface area contributed by atoms with E-state index in [1.807, 2.05) is 19.1 Å². The second-order valence-corrected chi connectivity index (χ2v) is 9.99. The van der Waals surface area contributed by atoms with E-state index in [0.717, 1.165) is 17.5 Å². The van der Waals surface area contributed by atoms with Gasteiger partial charge in [0.2, 0.25) is 11.8 Å². The van der Waals surface area contributed by atoms with Crippen molar-refractivity contribution in [2.24, 2.45) is 35.5 Å². The largest absolute Gasteiger partial charge is 0.294 e. The lowest BCUT2D eigenvalue weighted by Crippen LogP contribution is -2.40. The second-order valence-electron chi connectivity index (χ2n) is 9.58. The number of imide groups is 1. The molecule has 6 heteroatoms. The maximum atomic E-state index is 13.2. The zero-order valence-corrected chi connectivity index (χ0v) is 18.5. The second kappa shape index (κ2) is 7.11. The van der Waals surface area contributed by atoms with Crippen molar-refractivity contribution < 1.29 is 14.4 Å². The molecular formula is C26H23ClN2O3. The molecule has 5 aliphatic rings. The molecule has 1 aromatic heterocycles. The van der Waals surface area contributed by atoms with Crippen LogP contribution >= 0.6 is 11.6 Å². The number of amides is 2. The molecule has 162 valence electrons. The third-order valence-corrected chi connectivity index (χ3v) is 8.25. The van der Waals surface area contributed by atoms with Gasteiger partial charge in [-0.25, -0.2) is 9.88 Å². The molecule has 2 bridgehead atoms. The topological polar surface area (TPSA) is 67.3 Å². The number of pyridine rings is 1. The number of ketones is 1. The normalized spacial score (nSPS) is 31.6. The van der Waals surface area contributed by atoms with Gasteiger partial charge in [0.1, 0.15) is 5.82 Å². The summed E-state index contributed by atoms with van der Waals surface area (Å²) in [5.74, 6) is 1.38. The Kier molecular flexibility index (Phi) is 4.41. The zero-order valence-electron chi connectivity index (χ0n) is 17.7. The lowest BCUT2D eigenvalue weighted by molar-refractivity contribution is -0.124. The van der Waals surface area contributed by atoms with Crippen LogP contribution in [0.2, 0.25) is 5.02 Å². The van der Waals surface area contributed by atoms with Crippen LogP contribution in [0.3, 0.4) is 0 Å². The average molecular weight is 447 g/mol. The lowest BCUT2D eigenvalue weighted by Gasteiger charge is -2.37. The molecule has 2 amide bonds. The molecule has 1 aliphatic heterocycles. The summed E-state index contributed by atoms with van der Waals surface area (Å²) in [5.41, 5.74) is 2.42. The molecule has 2 saturated carbocycles. The van der Waals surface area contributed by atoms with Gasteiger partial charge in [-0.1, -0.05) is 29.8 Å². The average Bonchev–Trinajstić information content (AvgIpc) is 3.58. The van der Waals surface area contributed by atoms with E-state index in [0.29, 0.717) is 41.1 Å². The van der Waals surface area contributed by atoms with Gasteiger partial charge in [0.05, 0.1) is 11.8 Å². The molecular weight excluding hydrogens is 424 g/mol. The number of Topliss-reactive ketones (excluding diaryl/α,β-unsaturated/α-hetero) is 1. The number of rotatable bonds is 5. The highest BCUT2D eigenvalue weighted by molar-refractivity contribution is 6.31. The van der Waals surface area contributed by atoms with Gasteiger partial charge in [0, 0.05) is 23.2 Å². The minimum atomic E-state index is -0.219. The van der Waals surface area contributed by atoms with Crippen molar-refractivity contribution in [3.63, 3.8) is 0 Å². The van der Waals surface area contributed by atoms with Crippen molar-refractivity contribution in [2.45, 2.75) is 26.2 Å². The Morgan fingerprint density at radius 3 is 2.34 bits per heavy atom. The maximum Gasteiger partial charge on any atom is 0.239 e. The predicted octanol–water partition coefficient (Wildman–Crippen LogP) is 4.42. The highest BCUT2D eigenvalue weighted by atomic mass is 35.5. The molecule has 7 rings (SSSR count). The molecule has 6 unspecified atom stereocenters. The first-order chi connectivity index (χ1) is 15.4. The van der Waals surface area contributed by atoms with Crippen LogP contribution in [0, 0.1) is 42.4 Å². The Morgan fingerprint density at radius 2 is 1.75 bits per heavy atom. The van der Waals surface area contributed by atoms with E-state index in [4.69, 9.17) is 11.6 Å². The third-order valence-electron chi connectivity index (χ3n) is 7.82. The molecule has 6 atom stereocenters. The summed E-state index contributed by atoms with van der Waals surface area (Å²) >= 11 is 6.04. The van der Waals surface area contributed by atoms with Crippen LogP contribution in [0.5, 0.6) is 0 Å². The van der Waals surface area contributed by atoms with E-state index in [1.165, 1.54) is 4.90 Å². The van der Waals surface area contributed by atoms with Crippen molar-refractivity contribution >= 4 is 35.0 Å². The minimum absolute atomic E-state index is 0.0457. The summed E-state index contributed by atoms with van der Waals surface area (Å²) in [6.07, 6.45) is 8.05. The van der Waals surface area contributed by atoms with E-state index in [9.17, 15) is 14.4 Å². The smallest absolute Gasteiger partial charge is 0.239 e. The number of carbonyl (C=O) groups excluding carboxylic acids is 3. The highest BCUT2D eigenvalue weighted by Crippen LogP contribution is 2.65. The van der Waals surface area contributed by atoms with Crippen molar-refractivity contribution in [3.05, 3.63) is 70.4 Å². The quantitative estimate of drug-likeness (QED) is 0.387. The van der Waals surface area contributed by atoms with Crippen molar-refractivity contribution in [1.82, 2.24) is 4.98 Å². The molecule has 1 aromatic carbocycles.